The molecule has 8 heteroatoms. The minimum atomic E-state index is -0.461. The lowest BCUT2D eigenvalue weighted by molar-refractivity contribution is 0.00576. The number of H-pyrrole nitrogens is 1. The number of morpholine rings is 1. The Hall–Kier alpha value is -2.10. The molecular weight excluding hydrogens is 436 g/mol. The summed E-state index contributed by atoms with van der Waals surface area (Å²) in [4.78, 5) is 26.0. The first kappa shape index (κ1) is 24.0. The van der Waals surface area contributed by atoms with Crippen LogP contribution in [0, 0.1) is 5.92 Å². The standard InChI is InChI=1S/C25H34N4O3S/c1-18(2)8-9-29(15-20(30)14-28-10-12-32-13-11-28)16-22-26-24(31)23-21(17-33-25(23)27-22)19-6-4-3-5-7-19/h3-7,17-18,20,30H,8-16H2,1-2H3,(H,26,27,31). The number of benzene rings is 1. The normalized spacial score (nSPS) is 16.2. The molecule has 3 heterocycles. The molecule has 4 rings (SSSR count). The average molecular weight is 471 g/mol. The van der Waals surface area contributed by atoms with Gasteiger partial charge in [-0.15, -0.1) is 11.3 Å². The van der Waals surface area contributed by atoms with Gasteiger partial charge in [-0.05, 0) is 24.4 Å². The molecule has 1 unspecified atom stereocenters. The molecule has 1 aromatic carbocycles. The highest BCUT2D eigenvalue weighted by Crippen LogP contribution is 2.30. The van der Waals surface area contributed by atoms with Crippen LogP contribution in [0.2, 0.25) is 0 Å². The summed E-state index contributed by atoms with van der Waals surface area (Å²) in [5.74, 6) is 1.21. The maximum atomic E-state index is 13.0. The summed E-state index contributed by atoms with van der Waals surface area (Å²) in [6.45, 7) is 10.1. The summed E-state index contributed by atoms with van der Waals surface area (Å²) >= 11 is 1.50. The molecule has 0 amide bonds. The van der Waals surface area contributed by atoms with Gasteiger partial charge in [-0.25, -0.2) is 4.98 Å². The number of ether oxygens (including phenoxy) is 1. The number of hydrogen-bond acceptors (Lipinski definition) is 7. The van der Waals surface area contributed by atoms with Gasteiger partial charge in [-0.1, -0.05) is 44.2 Å². The highest BCUT2D eigenvalue weighted by atomic mass is 32.1. The Kier molecular flexibility index (Phi) is 8.27. The van der Waals surface area contributed by atoms with Crippen molar-refractivity contribution in [3.63, 3.8) is 0 Å². The molecule has 1 saturated heterocycles. The Labute approximate surface area is 199 Å². The topological polar surface area (TPSA) is 81.7 Å². The van der Waals surface area contributed by atoms with E-state index in [9.17, 15) is 9.90 Å². The van der Waals surface area contributed by atoms with Gasteiger partial charge in [0.2, 0.25) is 0 Å². The zero-order valence-electron chi connectivity index (χ0n) is 19.5. The van der Waals surface area contributed by atoms with Crippen LogP contribution < -0.4 is 5.56 Å². The molecule has 0 bridgehead atoms. The Morgan fingerprint density at radius 2 is 2.00 bits per heavy atom. The number of thiophene rings is 1. The van der Waals surface area contributed by atoms with Crippen molar-refractivity contribution in [3.05, 3.63) is 51.9 Å². The monoisotopic (exact) mass is 470 g/mol. The highest BCUT2D eigenvalue weighted by molar-refractivity contribution is 7.17. The molecule has 1 fully saturated rings. The Morgan fingerprint density at radius 1 is 1.24 bits per heavy atom. The molecule has 0 saturated carbocycles. The first-order chi connectivity index (χ1) is 16.0. The lowest BCUT2D eigenvalue weighted by Crippen LogP contribution is -2.45. The average Bonchev–Trinajstić information content (AvgIpc) is 3.23. The number of rotatable bonds is 10. The summed E-state index contributed by atoms with van der Waals surface area (Å²) in [5, 5.41) is 13.4. The third-order valence-electron chi connectivity index (χ3n) is 6.02. The fourth-order valence-corrected chi connectivity index (χ4v) is 5.19. The van der Waals surface area contributed by atoms with Crippen LogP contribution in [-0.4, -0.2) is 76.9 Å². The van der Waals surface area contributed by atoms with Crippen molar-refractivity contribution in [2.75, 3.05) is 45.9 Å². The molecule has 178 valence electrons. The first-order valence-corrected chi connectivity index (χ1v) is 12.6. The first-order valence-electron chi connectivity index (χ1n) is 11.8. The molecule has 7 nitrogen and oxygen atoms in total. The van der Waals surface area contributed by atoms with E-state index in [0.717, 1.165) is 55.2 Å². The lowest BCUT2D eigenvalue weighted by atomic mass is 10.1. The minimum Gasteiger partial charge on any atom is -0.390 e. The van der Waals surface area contributed by atoms with E-state index in [1.165, 1.54) is 11.3 Å². The summed E-state index contributed by atoms with van der Waals surface area (Å²) in [7, 11) is 0. The van der Waals surface area contributed by atoms with Gasteiger partial charge in [0.1, 0.15) is 10.7 Å². The zero-order chi connectivity index (χ0) is 23.2. The Morgan fingerprint density at radius 3 is 2.73 bits per heavy atom. The molecule has 2 N–H and O–H groups in total. The van der Waals surface area contributed by atoms with Crippen molar-refractivity contribution in [2.24, 2.45) is 5.92 Å². The third kappa shape index (κ3) is 6.49. The van der Waals surface area contributed by atoms with Gasteiger partial charge < -0.3 is 14.8 Å². The number of β-amino-alcohol motifs (C(OH)–C–C–N with tert-alkyl or cyclic N) is 1. The fraction of sp³-hybridized carbons (Fsp3) is 0.520. The van der Waals surface area contributed by atoms with Gasteiger partial charge in [-0.3, -0.25) is 14.6 Å². The SMILES string of the molecule is CC(C)CCN(Cc1nc2scc(-c3ccccc3)c2c(=O)[nH]1)CC(O)CN1CCOCC1. The number of aliphatic hydroxyl groups excluding tert-OH is 1. The summed E-state index contributed by atoms with van der Waals surface area (Å²) in [6, 6.07) is 9.95. The molecule has 0 aliphatic carbocycles. The quantitative estimate of drug-likeness (QED) is 0.474. The van der Waals surface area contributed by atoms with Crippen molar-refractivity contribution in [2.45, 2.75) is 32.9 Å². The molecule has 0 spiro atoms. The summed E-state index contributed by atoms with van der Waals surface area (Å²) in [6.07, 6.45) is 0.561. The number of nitrogens with one attached hydrogen (secondary N) is 1. The second-order valence-electron chi connectivity index (χ2n) is 9.19. The maximum Gasteiger partial charge on any atom is 0.260 e. The Bertz CT molecular complexity index is 1080. The largest absolute Gasteiger partial charge is 0.390 e. The van der Waals surface area contributed by atoms with E-state index in [0.29, 0.717) is 36.8 Å². The van der Waals surface area contributed by atoms with E-state index >= 15 is 0 Å². The molecule has 33 heavy (non-hydrogen) atoms. The predicted molar refractivity (Wildman–Crippen MR) is 134 cm³/mol. The molecule has 3 aromatic rings. The van der Waals surface area contributed by atoms with Crippen molar-refractivity contribution < 1.29 is 9.84 Å². The van der Waals surface area contributed by atoms with Gasteiger partial charge in [-0.2, -0.15) is 0 Å². The van der Waals surface area contributed by atoms with E-state index in [1.54, 1.807) is 0 Å². The van der Waals surface area contributed by atoms with Crippen molar-refractivity contribution in [1.29, 1.82) is 0 Å². The van der Waals surface area contributed by atoms with Crippen LogP contribution >= 0.6 is 11.3 Å². The van der Waals surface area contributed by atoms with Crippen molar-refractivity contribution in [1.82, 2.24) is 19.8 Å². The summed E-state index contributed by atoms with van der Waals surface area (Å²) in [5.41, 5.74) is 1.84. The van der Waals surface area contributed by atoms with Gasteiger partial charge in [0.15, 0.2) is 0 Å². The number of aromatic nitrogens is 2. The number of fused-ring (bicyclic) bond motifs is 1. The maximum absolute atomic E-state index is 13.0. The molecule has 0 radical (unpaired) electrons. The fourth-order valence-electron chi connectivity index (χ4n) is 4.22. The molecular formula is C25H34N4O3S. The van der Waals surface area contributed by atoms with Crippen LogP contribution in [0.15, 0.2) is 40.5 Å². The number of aliphatic hydroxyl groups is 1. The van der Waals surface area contributed by atoms with Crippen LogP contribution in [0.4, 0.5) is 0 Å². The van der Waals surface area contributed by atoms with Gasteiger partial charge in [0, 0.05) is 37.1 Å². The second-order valence-corrected chi connectivity index (χ2v) is 10.1. The molecule has 2 aromatic heterocycles. The second kappa shape index (κ2) is 11.4. The van der Waals surface area contributed by atoms with Crippen LogP contribution in [0.1, 0.15) is 26.1 Å². The number of aromatic amines is 1. The van der Waals surface area contributed by atoms with Crippen LogP contribution in [0.25, 0.3) is 21.3 Å². The van der Waals surface area contributed by atoms with Gasteiger partial charge in [0.05, 0.1) is 31.2 Å². The minimum absolute atomic E-state index is 0.104. The predicted octanol–water partition coefficient (Wildman–Crippen LogP) is 3.19. The lowest BCUT2D eigenvalue weighted by Gasteiger charge is -2.31. The van der Waals surface area contributed by atoms with E-state index in [2.05, 4.69) is 28.6 Å². The Balaban J connectivity index is 1.50. The van der Waals surface area contributed by atoms with Crippen molar-refractivity contribution in [3.8, 4) is 11.1 Å². The van der Waals surface area contributed by atoms with E-state index < -0.39 is 6.10 Å². The summed E-state index contributed by atoms with van der Waals surface area (Å²) < 4.78 is 5.41. The zero-order valence-corrected chi connectivity index (χ0v) is 20.3. The highest BCUT2D eigenvalue weighted by Gasteiger charge is 2.20. The molecule has 1 aliphatic heterocycles. The van der Waals surface area contributed by atoms with E-state index in [1.807, 2.05) is 35.7 Å². The van der Waals surface area contributed by atoms with E-state index in [-0.39, 0.29) is 5.56 Å². The van der Waals surface area contributed by atoms with Gasteiger partial charge >= 0.3 is 0 Å². The third-order valence-corrected chi connectivity index (χ3v) is 6.89. The van der Waals surface area contributed by atoms with Crippen LogP contribution in [-0.2, 0) is 11.3 Å². The number of nitrogens with zero attached hydrogens (tertiary/aromatic N) is 3. The van der Waals surface area contributed by atoms with Gasteiger partial charge in [0.25, 0.3) is 5.56 Å². The number of hydrogen-bond donors (Lipinski definition) is 2. The van der Waals surface area contributed by atoms with Crippen LogP contribution in [0.5, 0.6) is 0 Å². The molecule has 1 atom stereocenters. The van der Waals surface area contributed by atoms with Crippen molar-refractivity contribution >= 4 is 21.6 Å². The smallest absolute Gasteiger partial charge is 0.260 e. The van der Waals surface area contributed by atoms with E-state index in [4.69, 9.17) is 9.72 Å². The van der Waals surface area contributed by atoms with Crippen LogP contribution in [0.3, 0.4) is 0 Å². The molecule has 1 aliphatic rings.